The molecule has 1 fully saturated rings. The van der Waals surface area contributed by atoms with Crippen LogP contribution in [0.3, 0.4) is 0 Å². The number of methoxy groups -OCH3 is 1. The number of carbonyl (C=O) groups excluding carboxylic acids is 1. The fraction of sp³-hybridized carbons (Fsp3) is 0.333. The van der Waals surface area contributed by atoms with Crippen LogP contribution in [0.25, 0.3) is 0 Å². The first-order valence-electron chi connectivity index (χ1n) is 16.0. The number of nitrogens with zero attached hydrogens (tertiary/aromatic N) is 3. The van der Waals surface area contributed by atoms with Gasteiger partial charge in [-0.25, -0.2) is 9.78 Å². The van der Waals surface area contributed by atoms with E-state index in [1.165, 1.54) is 18.3 Å². The zero-order valence-corrected chi connectivity index (χ0v) is 27.7. The van der Waals surface area contributed by atoms with Crippen molar-refractivity contribution in [3.05, 3.63) is 95.7 Å². The number of anilines is 2. The van der Waals surface area contributed by atoms with Gasteiger partial charge in [-0.05, 0) is 73.1 Å². The molecule has 49 heavy (non-hydrogen) atoms. The summed E-state index contributed by atoms with van der Waals surface area (Å²) in [6.45, 7) is 8.78. The zero-order chi connectivity index (χ0) is 34.8. The number of carbonyl (C=O) groups is 1. The van der Waals surface area contributed by atoms with E-state index in [-0.39, 0.29) is 24.4 Å². The van der Waals surface area contributed by atoms with Crippen LogP contribution in [0.15, 0.2) is 79.0 Å². The van der Waals surface area contributed by atoms with Gasteiger partial charge in [-0.3, -0.25) is 4.90 Å². The maximum absolute atomic E-state index is 14.0. The summed E-state index contributed by atoms with van der Waals surface area (Å²) < 4.78 is 64.7. The standard InChI is InChI=1S/C36H40F3N5O5/c1-4-43-16-18-44(19-17-43)23-26-8-9-28(20-32(26)36(37,38)39)42-35(45)41-27-10-14-30(15-11-27)49-31-21-33(47-5-2)34(40-22-31)48-24-25-6-12-29(46-3)13-7-25/h6-15,20-22H,4-5,16-19,23-24H2,1-3H3,(H2,41,42,45). The van der Waals surface area contributed by atoms with E-state index < -0.39 is 17.8 Å². The Morgan fingerprint density at radius 2 is 1.47 bits per heavy atom. The number of hydrogen-bond acceptors (Lipinski definition) is 8. The monoisotopic (exact) mass is 679 g/mol. The van der Waals surface area contributed by atoms with E-state index in [1.807, 2.05) is 36.1 Å². The molecule has 2 N–H and O–H groups in total. The van der Waals surface area contributed by atoms with E-state index in [2.05, 4.69) is 27.4 Å². The Hall–Kier alpha value is -5.01. The highest BCUT2D eigenvalue weighted by molar-refractivity contribution is 5.99. The van der Waals surface area contributed by atoms with Crippen LogP contribution in [0.1, 0.15) is 30.5 Å². The molecule has 13 heteroatoms. The molecule has 0 unspecified atom stereocenters. The van der Waals surface area contributed by atoms with Crippen LogP contribution in [0, 0.1) is 0 Å². The highest BCUT2D eigenvalue weighted by Crippen LogP contribution is 2.35. The van der Waals surface area contributed by atoms with E-state index >= 15 is 0 Å². The molecule has 2 amide bonds. The van der Waals surface area contributed by atoms with E-state index in [4.69, 9.17) is 18.9 Å². The van der Waals surface area contributed by atoms with Crippen molar-refractivity contribution in [2.75, 3.05) is 57.1 Å². The van der Waals surface area contributed by atoms with Crippen molar-refractivity contribution < 1.29 is 36.9 Å². The molecule has 10 nitrogen and oxygen atoms in total. The number of aromatic nitrogens is 1. The number of urea groups is 1. The maximum Gasteiger partial charge on any atom is 0.416 e. The third-order valence-corrected chi connectivity index (χ3v) is 7.95. The van der Waals surface area contributed by atoms with Crippen molar-refractivity contribution >= 4 is 17.4 Å². The molecule has 0 atom stereocenters. The lowest BCUT2D eigenvalue weighted by atomic mass is 10.0. The number of benzene rings is 3. The van der Waals surface area contributed by atoms with Crippen LogP contribution >= 0.6 is 0 Å². The molecule has 1 aromatic heterocycles. The molecule has 1 aliphatic heterocycles. The third-order valence-electron chi connectivity index (χ3n) is 7.95. The molecule has 4 aromatic rings. The third kappa shape index (κ3) is 10.00. The average molecular weight is 680 g/mol. The summed E-state index contributed by atoms with van der Waals surface area (Å²) in [5, 5.41) is 5.15. The molecular formula is C36H40F3N5O5. The van der Waals surface area contributed by atoms with Gasteiger partial charge in [0.1, 0.15) is 23.9 Å². The molecule has 0 aliphatic carbocycles. The normalized spacial score (nSPS) is 13.8. The molecule has 5 rings (SSSR count). The minimum Gasteiger partial charge on any atom is -0.497 e. The quantitative estimate of drug-likeness (QED) is 0.149. The number of pyridine rings is 1. The summed E-state index contributed by atoms with van der Waals surface area (Å²) >= 11 is 0. The first-order chi connectivity index (χ1) is 23.6. The van der Waals surface area contributed by atoms with Crippen LogP contribution in [0.5, 0.6) is 28.9 Å². The van der Waals surface area contributed by atoms with Crippen molar-refractivity contribution in [3.63, 3.8) is 0 Å². The molecule has 1 aliphatic rings. The first-order valence-corrected chi connectivity index (χ1v) is 16.0. The van der Waals surface area contributed by atoms with Crippen LogP contribution < -0.4 is 29.6 Å². The number of piperazine rings is 1. The van der Waals surface area contributed by atoms with Crippen LogP contribution in [-0.4, -0.2) is 67.3 Å². The van der Waals surface area contributed by atoms with Crippen LogP contribution in [0.2, 0.25) is 0 Å². The average Bonchev–Trinajstić information content (AvgIpc) is 3.09. The summed E-state index contributed by atoms with van der Waals surface area (Å²) in [6, 6.07) is 18.9. The number of ether oxygens (including phenoxy) is 4. The number of amides is 2. The minimum absolute atomic E-state index is 0.0401. The summed E-state index contributed by atoms with van der Waals surface area (Å²) in [5.74, 6) is 2.36. The van der Waals surface area contributed by atoms with Gasteiger partial charge in [-0.1, -0.05) is 25.1 Å². The topological polar surface area (TPSA) is 97.4 Å². The fourth-order valence-corrected chi connectivity index (χ4v) is 5.31. The highest BCUT2D eigenvalue weighted by Gasteiger charge is 2.34. The Morgan fingerprint density at radius 3 is 2.12 bits per heavy atom. The lowest BCUT2D eigenvalue weighted by molar-refractivity contribution is -0.138. The number of halogens is 3. The van der Waals surface area contributed by atoms with Gasteiger partial charge in [-0.2, -0.15) is 13.2 Å². The van der Waals surface area contributed by atoms with Crippen molar-refractivity contribution in [2.45, 2.75) is 33.2 Å². The maximum atomic E-state index is 14.0. The van der Waals surface area contributed by atoms with Crippen molar-refractivity contribution in [1.82, 2.24) is 14.8 Å². The minimum atomic E-state index is -4.56. The van der Waals surface area contributed by atoms with E-state index in [9.17, 15) is 18.0 Å². The van der Waals surface area contributed by atoms with Gasteiger partial charge >= 0.3 is 12.2 Å². The summed E-state index contributed by atoms with van der Waals surface area (Å²) in [5.41, 5.74) is 0.808. The number of nitrogens with one attached hydrogen (secondary N) is 2. The Kier molecular flexibility index (Phi) is 11.8. The van der Waals surface area contributed by atoms with Crippen molar-refractivity contribution in [1.29, 1.82) is 0 Å². The van der Waals surface area contributed by atoms with Gasteiger partial charge < -0.3 is 34.5 Å². The van der Waals surface area contributed by atoms with Gasteiger partial charge in [0.2, 0.25) is 0 Å². The van der Waals surface area contributed by atoms with Crippen molar-refractivity contribution in [2.24, 2.45) is 0 Å². The van der Waals surface area contributed by atoms with E-state index in [1.54, 1.807) is 37.4 Å². The SMILES string of the molecule is CCOc1cc(Oc2ccc(NC(=O)Nc3ccc(CN4CCN(CC)CC4)c(C(F)(F)F)c3)cc2)cnc1OCc1ccc(OC)cc1. The Bertz CT molecular complexity index is 1680. The lowest BCUT2D eigenvalue weighted by Crippen LogP contribution is -2.45. The Balaban J connectivity index is 1.16. The largest absolute Gasteiger partial charge is 0.497 e. The van der Waals surface area contributed by atoms with Crippen LogP contribution in [-0.2, 0) is 19.3 Å². The number of rotatable bonds is 13. The molecular weight excluding hydrogens is 639 g/mol. The highest BCUT2D eigenvalue weighted by atomic mass is 19.4. The van der Waals surface area contributed by atoms with Gasteiger partial charge in [-0.15, -0.1) is 0 Å². The number of hydrogen-bond donors (Lipinski definition) is 2. The number of alkyl halides is 3. The van der Waals surface area contributed by atoms with E-state index in [0.29, 0.717) is 48.5 Å². The zero-order valence-electron chi connectivity index (χ0n) is 27.7. The molecule has 0 saturated carbocycles. The fourth-order valence-electron chi connectivity index (χ4n) is 5.31. The summed E-state index contributed by atoms with van der Waals surface area (Å²) in [6.07, 6.45) is -3.05. The molecule has 2 heterocycles. The second-order valence-corrected chi connectivity index (χ2v) is 11.3. The molecule has 1 saturated heterocycles. The molecule has 0 spiro atoms. The molecule has 260 valence electrons. The predicted molar refractivity (Wildman–Crippen MR) is 181 cm³/mol. The number of likely N-dealkylation sites (N-methyl/N-ethyl adjacent to an activating group) is 1. The van der Waals surface area contributed by atoms with Gasteiger partial charge in [0.25, 0.3) is 5.88 Å². The van der Waals surface area contributed by atoms with Gasteiger partial charge in [0.15, 0.2) is 5.75 Å². The Morgan fingerprint density at radius 1 is 0.816 bits per heavy atom. The molecule has 0 radical (unpaired) electrons. The van der Waals surface area contributed by atoms with Gasteiger partial charge in [0, 0.05) is 50.2 Å². The molecule has 0 bridgehead atoms. The second kappa shape index (κ2) is 16.4. The second-order valence-electron chi connectivity index (χ2n) is 11.3. The van der Waals surface area contributed by atoms with E-state index in [0.717, 1.165) is 37.0 Å². The van der Waals surface area contributed by atoms with Crippen molar-refractivity contribution in [3.8, 4) is 28.9 Å². The van der Waals surface area contributed by atoms with Gasteiger partial charge in [0.05, 0.1) is 25.5 Å². The summed E-state index contributed by atoms with van der Waals surface area (Å²) in [7, 11) is 1.61. The predicted octanol–water partition coefficient (Wildman–Crippen LogP) is 7.66. The smallest absolute Gasteiger partial charge is 0.416 e. The van der Waals surface area contributed by atoms with Crippen LogP contribution in [0.4, 0.5) is 29.3 Å². The molecule has 3 aromatic carbocycles. The lowest BCUT2D eigenvalue weighted by Gasteiger charge is -2.34. The Labute approximate surface area is 283 Å². The summed E-state index contributed by atoms with van der Waals surface area (Å²) in [4.78, 5) is 21.3. The first kappa shape index (κ1) is 35.3.